The van der Waals surface area contributed by atoms with E-state index >= 15 is 0 Å². The molecule has 1 aliphatic rings. The number of methoxy groups -OCH3 is 1. The third kappa shape index (κ3) is 4.49. The van der Waals surface area contributed by atoms with E-state index in [2.05, 4.69) is 0 Å². The monoisotopic (exact) mass is 424 g/mol. The van der Waals surface area contributed by atoms with Gasteiger partial charge in [-0.1, -0.05) is 29.8 Å². The van der Waals surface area contributed by atoms with Gasteiger partial charge in [-0.05, 0) is 42.5 Å². The summed E-state index contributed by atoms with van der Waals surface area (Å²) in [4.78, 5) is 18.9. The maximum absolute atomic E-state index is 12.5. The SMILES string of the molecule is COc1ccc(Cl)cc1-c1ccc2c(n1)CN(CCOc1ccccc1)C(=O)CO2. The van der Waals surface area contributed by atoms with Crippen LogP contribution in [-0.2, 0) is 11.3 Å². The first-order valence-electron chi connectivity index (χ1n) is 9.56. The summed E-state index contributed by atoms with van der Waals surface area (Å²) in [5.41, 5.74) is 2.16. The van der Waals surface area contributed by atoms with Crippen molar-refractivity contribution in [2.45, 2.75) is 6.54 Å². The molecular formula is C23H21ClN2O4. The summed E-state index contributed by atoms with van der Waals surface area (Å²) in [5.74, 6) is 1.93. The highest BCUT2D eigenvalue weighted by atomic mass is 35.5. The molecule has 0 saturated carbocycles. The van der Waals surface area contributed by atoms with Crippen LogP contribution in [0.4, 0.5) is 0 Å². The minimum atomic E-state index is -0.105. The molecule has 1 aliphatic heterocycles. The largest absolute Gasteiger partial charge is 0.496 e. The summed E-state index contributed by atoms with van der Waals surface area (Å²) in [6.07, 6.45) is 0. The summed E-state index contributed by atoms with van der Waals surface area (Å²) < 4.78 is 16.9. The van der Waals surface area contributed by atoms with Gasteiger partial charge in [0.1, 0.15) is 29.5 Å². The number of carbonyl (C=O) groups excluding carboxylic acids is 1. The van der Waals surface area contributed by atoms with E-state index < -0.39 is 0 Å². The smallest absolute Gasteiger partial charge is 0.260 e. The van der Waals surface area contributed by atoms with Crippen LogP contribution in [0, 0.1) is 0 Å². The van der Waals surface area contributed by atoms with E-state index in [1.54, 1.807) is 24.1 Å². The second-order valence-electron chi connectivity index (χ2n) is 6.75. The Morgan fingerprint density at radius 2 is 1.97 bits per heavy atom. The molecule has 0 saturated heterocycles. The van der Waals surface area contributed by atoms with Gasteiger partial charge in [-0.2, -0.15) is 0 Å². The van der Waals surface area contributed by atoms with Crippen LogP contribution >= 0.6 is 11.6 Å². The van der Waals surface area contributed by atoms with E-state index in [0.29, 0.717) is 47.6 Å². The van der Waals surface area contributed by atoms with Gasteiger partial charge in [0.2, 0.25) is 0 Å². The highest BCUT2D eigenvalue weighted by Crippen LogP contribution is 2.33. The molecule has 2 aromatic carbocycles. The number of hydrogen-bond donors (Lipinski definition) is 0. The summed E-state index contributed by atoms with van der Waals surface area (Å²) in [6.45, 7) is 1.12. The zero-order valence-electron chi connectivity index (χ0n) is 16.5. The standard InChI is InChI=1S/C23H21ClN2O4/c1-28-21-9-7-16(24)13-18(21)19-8-10-22-20(25-19)14-26(23(27)15-30-22)11-12-29-17-5-3-2-4-6-17/h2-10,13H,11-12,14-15H2,1H3. The number of amides is 1. The van der Waals surface area contributed by atoms with Crippen LogP contribution in [-0.4, -0.2) is 42.7 Å². The lowest BCUT2D eigenvalue weighted by Gasteiger charge is -2.20. The Bertz CT molecular complexity index is 1040. The number of ether oxygens (including phenoxy) is 3. The van der Waals surface area contributed by atoms with Gasteiger partial charge >= 0.3 is 0 Å². The lowest BCUT2D eigenvalue weighted by Crippen LogP contribution is -2.35. The molecule has 30 heavy (non-hydrogen) atoms. The third-order valence-corrected chi connectivity index (χ3v) is 5.02. The van der Waals surface area contributed by atoms with Crippen molar-refractivity contribution in [3.05, 3.63) is 71.4 Å². The number of rotatable bonds is 6. The molecule has 0 unspecified atom stereocenters. The summed E-state index contributed by atoms with van der Waals surface area (Å²) >= 11 is 6.17. The van der Waals surface area contributed by atoms with E-state index in [9.17, 15) is 4.79 Å². The first-order chi connectivity index (χ1) is 14.6. The number of aromatic nitrogens is 1. The van der Waals surface area contributed by atoms with Gasteiger partial charge in [0.05, 0.1) is 25.9 Å². The topological polar surface area (TPSA) is 60.9 Å². The molecule has 3 aromatic rings. The van der Waals surface area contributed by atoms with E-state index in [-0.39, 0.29) is 12.5 Å². The average Bonchev–Trinajstić information content (AvgIpc) is 2.93. The Balaban J connectivity index is 1.54. The van der Waals surface area contributed by atoms with Crippen LogP contribution < -0.4 is 14.2 Å². The van der Waals surface area contributed by atoms with Crippen LogP contribution in [0.2, 0.25) is 5.02 Å². The Morgan fingerprint density at radius 1 is 1.13 bits per heavy atom. The summed E-state index contributed by atoms with van der Waals surface area (Å²) in [5, 5.41) is 0.591. The van der Waals surface area contributed by atoms with E-state index in [4.69, 9.17) is 30.8 Å². The number of pyridine rings is 1. The molecule has 6 nitrogen and oxygen atoms in total. The Hall–Kier alpha value is -3.25. The van der Waals surface area contributed by atoms with E-state index in [1.165, 1.54) is 0 Å². The highest BCUT2D eigenvalue weighted by Gasteiger charge is 2.23. The Morgan fingerprint density at radius 3 is 2.77 bits per heavy atom. The molecule has 1 aromatic heterocycles. The molecule has 0 aliphatic carbocycles. The van der Waals surface area contributed by atoms with Crippen molar-refractivity contribution in [3.63, 3.8) is 0 Å². The number of fused-ring (bicyclic) bond motifs is 1. The summed E-state index contributed by atoms with van der Waals surface area (Å²) in [6, 6.07) is 18.6. The van der Waals surface area contributed by atoms with Crippen molar-refractivity contribution in [1.29, 1.82) is 0 Å². The fraction of sp³-hybridized carbons (Fsp3) is 0.217. The zero-order valence-corrected chi connectivity index (χ0v) is 17.3. The lowest BCUT2D eigenvalue weighted by molar-refractivity contribution is -0.133. The van der Waals surface area contributed by atoms with Crippen molar-refractivity contribution < 1.29 is 19.0 Å². The molecule has 1 amide bonds. The number of hydrogen-bond acceptors (Lipinski definition) is 5. The van der Waals surface area contributed by atoms with Crippen molar-refractivity contribution in [3.8, 4) is 28.5 Å². The maximum atomic E-state index is 12.5. The number of nitrogens with zero attached hydrogens (tertiary/aromatic N) is 2. The predicted octanol–water partition coefficient (Wildman–Crippen LogP) is 4.21. The molecule has 2 heterocycles. The number of benzene rings is 2. The summed E-state index contributed by atoms with van der Waals surface area (Å²) in [7, 11) is 1.60. The quantitative estimate of drug-likeness (QED) is 0.593. The van der Waals surface area contributed by atoms with Gasteiger partial charge in [-0.3, -0.25) is 4.79 Å². The van der Waals surface area contributed by atoms with Crippen LogP contribution in [0.25, 0.3) is 11.3 Å². The molecule has 4 rings (SSSR count). The number of carbonyl (C=O) groups is 1. The fourth-order valence-electron chi connectivity index (χ4n) is 3.26. The zero-order chi connectivity index (χ0) is 20.9. The van der Waals surface area contributed by atoms with E-state index in [1.807, 2.05) is 48.5 Å². The normalized spacial score (nSPS) is 13.3. The molecule has 0 bridgehead atoms. The van der Waals surface area contributed by atoms with E-state index in [0.717, 1.165) is 11.3 Å². The molecular weight excluding hydrogens is 404 g/mol. The van der Waals surface area contributed by atoms with Gasteiger partial charge in [0.25, 0.3) is 5.91 Å². The van der Waals surface area contributed by atoms with Crippen LogP contribution in [0.5, 0.6) is 17.2 Å². The lowest BCUT2D eigenvalue weighted by atomic mass is 10.1. The molecule has 0 spiro atoms. The third-order valence-electron chi connectivity index (χ3n) is 4.79. The molecule has 0 fully saturated rings. The Kier molecular flexibility index (Phi) is 6.05. The van der Waals surface area contributed by atoms with Crippen molar-refractivity contribution in [2.75, 3.05) is 26.9 Å². The van der Waals surface area contributed by atoms with Crippen LogP contribution in [0.1, 0.15) is 5.69 Å². The fourth-order valence-corrected chi connectivity index (χ4v) is 3.43. The molecule has 0 radical (unpaired) electrons. The Labute approximate surface area is 180 Å². The molecule has 0 atom stereocenters. The van der Waals surface area contributed by atoms with Gasteiger partial charge < -0.3 is 19.1 Å². The minimum Gasteiger partial charge on any atom is -0.496 e. The molecule has 7 heteroatoms. The van der Waals surface area contributed by atoms with Crippen LogP contribution in [0.15, 0.2) is 60.7 Å². The van der Waals surface area contributed by atoms with Gasteiger partial charge in [-0.25, -0.2) is 4.98 Å². The predicted molar refractivity (Wildman–Crippen MR) is 114 cm³/mol. The minimum absolute atomic E-state index is 0.0279. The first kappa shape index (κ1) is 20.0. The van der Waals surface area contributed by atoms with Gasteiger partial charge in [0, 0.05) is 10.6 Å². The average molecular weight is 425 g/mol. The number of halogens is 1. The van der Waals surface area contributed by atoms with Gasteiger partial charge in [-0.15, -0.1) is 0 Å². The van der Waals surface area contributed by atoms with Crippen molar-refractivity contribution in [1.82, 2.24) is 9.88 Å². The first-order valence-corrected chi connectivity index (χ1v) is 9.94. The van der Waals surface area contributed by atoms with Crippen LogP contribution in [0.3, 0.4) is 0 Å². The molecule has 0 N–H and O–H groups in total. The number of para-hydroxylation sites is 1. The second-order valence-corrected chi connectivity index (χ2v) is 7.19. The maximum Gasteiger partial charge on any atom is 0.260 e. The van der Waals surface area contributed by atoms with Gasteiger partial charge in [0.15, 0.2) is 6.61 Å². The van der Waals surface area contributed by atoms with Crippen molar-refractivity contribution >= 4 is 17.5 Å². The highest BCUT2D eigenvalue weighted by molar-refractivity contribution is 6.30. The van der Waals surface area contributed by atoms with Crippen molar-refractivity contribution in [2.24, 2.45) is 0 Å². The second kappa shape index (κ2) is 9.05. The molecule has 154 valence electrons.